The fourth-order valence-electron chi connectivity index (χ4n) is 2.45. The Morgan fingerprint density at radius 1 is 0.846 bits per heavy atom. The van der Waals surface area contributed by atoms with Crippen molar-refractivity contribution in [1.82, 2.24) is 0 Å². The number of hydrogen-bond acceptors (Lipinski definition) is 4. The van der Waals surface area contributed by atoms with Gasteiger partial charge in [0.1, 0.15) is 4.90 Å². The summed E-state index contributed by atoms with van der Waals surface area (Å²) >= 11 is 0. The molecule has 0 aromatic heterocycles. The van der Waals surface area contributed by atoms with Gasteiger partial charge in [-0.05, 0) is 30.2 Å². The number of rotatable bonds is 6. The minimum Gasteiger partial charge on any atom is -0.264 e. The van der Waals surface area contributed by atoms with Gasteiger partial charge in [-0.25, -0.2) is 0 Å². The van der Waals surface area contributed by atoms with Crippen LogP contribution < -0.4 is 0 Å². The molecule has 4 nitrogen and oxygen atoms in total. The Bertz CT molecular complexity index is 980. The van der Waals surface area contributed by atoms with Crippen LogP contribution in [0, 0.1) is 6.92 Å². The first kappa shape index (κ1) is 17.9. The van der Waals surface area contributed by atoms with Gasteiger partial charge in [0, 0.05) is 6.42 Å². The molecular formula is C21H19NO3S. The lowest BCUT2D eigenvalue weighted by atomic mass is 10.0. The number of benzene rings is 3. The third-order valence-electron chi connectivity index (χ3n) is 3.88. The van der Waals surface area contributed by atoms with E-state index in [2.05, 4.69) is 5.16 Å². The largest absolute Gasteiger partial charge is 0.358 e. The van der Waals surface area contributed by atoms with Gasteiger partial charge in [-0.1, -0.05) is 83.5 Å². The van der Waals surface area contributed by atoms with Crippen LogP contribution >= 0.6 is 0 Å². The maximum Gasteiger partial charge on any atom is 0.358 e. The molecule has 0 aliphatic heterocycles. The van der Waals surface area contributed by atoms with Crippen LogP contribution in [-0.2, 0) is 20.8 Å². The zero-order valence-electron chi connectivity index (χ0n) is 14.4. The summed E-state index contributed by atoms with van der Waals surface area (Å²) in [6.07, 6.45) is 0.467. The van der Waals surface area contributed by atoms with Crippen molar-refractivity contribution in [3.8, 4) is 0 Å². The second kappa shape index (κ2) is 7.97. The maximum atomic E-state index is 12.4. The minimum absolute atomic E-state index is 0.0824. The highest BCUT2D eigenvalue weighted by atomic mass is 32.2. The fourth-order valence-corrected chi connectivity index (χ4v) is 3.19. The van der Waals surface area contributed by atoms with Crippen molar-refractivity contribution in [1.29, 1.82) is 0 Å². The van der Waals surface area contributed by atoms with E-state index in [-0.39, 0.29) is 4.90 Å². The van der Waals surface area contributed by atoms with E-state index in [0.29, 0.717) is 12.1 Å². The van der Waals surface area contributed by atoms with Gasteiger partial charge in [-0.3, -0.25) is 4.28 Å². The van der Waals surface area contributed by atoms with Crippen molar-refractivity contribution in [2.45, 2.75) is 18.2 Å². The lowest BCUT2D eigenvalue weighted by molar-refractivity contribution is 0.338. The summed E-state index contributed by atoms with van der Waals surface area (Å²) in [6.45, 7) is 1.89. The molecule has 0 unspecified atom stereocenters. The summed E-state index contributed by atoms with van der Waals surface area (Å²) < 4.78 is 29.8. The van der Waals surface area contributed by atoms with E-state index < -0.39 is 10.1 Å². The van der Waals surface area contributed by atoms with E-state index in [9.17, 15) is 8.42 Å². The molecule has 0 N–H and O–H groups in total. The average Bonchev–Trinajstić information content (AvgIpc) is 2.67. The van der Waals surface area contributed by atoms with Gasteiger partial charge in [0.15, 0.2) is 0 Å². The molecule has 26 heavy (non-hydrogen) atoms. The Balaban J connectivity index is 1.90. The van der Waals surface area contributed by atoms with Gasteiger partial charge in [-0.2, -0.15) is 8.42 Å². The van der Waals surface area contributed by atoms with E-state index in [1.54, 1.807) is 12.1 Å². The number of hydrogen-bond donors (Lipinski definition) is 0. The smallest absolute Gasteiger partial charge is 0.264 e. The minimum atomic E-state index is -3.96. The predicted octanol–water partition coefficient (Wildman–Crippen LogP) is 4.35. The highest BCUT2D eigenvalue weighted by Gasteiger charge is 2.16. The van der Waals surface area contributed by atoms with Gasteiger partial charge in [0.2, 0.25) is 0 Å². The van der Waals surface area contributed by atoms with Gasteiger partial charge < -0.3 is 0 Å². The highest BCUT2D eigenvalue weighted by Crippen LogP contribution is 2.15. The summed E-state index contributed by atoms with van der Waals surface area (Å²) in [5.74, 6) is 0. The topological polar surface area (TPSA) is 55.7 Å². The first-order valence-corrected chi connectivity index (χ1v) is 9.62. The van der Waals surface area contributed by atoms with Crippen molar-refractivity contribution >= 4 is 15.8 Å². The Hall–Kier alpha value is -2.92. The van der Waals surface area contributed by atoms with Crippen LogP contribution in [0.1, 0.15) is 16.7 Å². The lowest BCUT2D eigenvalue weighted by Crippen LogP contribution is -2.09. The molecule has 3 rings (SSSR count). The molecule has 0 saturated carbocycles. The van der Waals surface area contributed by atoms with Gasteiger partial charge in [0.05, 0.1) is 5.71 Å². The van der Waals surface area contributed by atoms with E-state index in [4.69, 9.17) is 4.28 Å². The van der Waals surface area contributed by atoms with Crippen molar-refractivity contribution < 1.29 is 12.7 Å². The molecule has 0 fully saturated rings. The van der Waals surface area contributed by atoms with Gasteiger partial charge >= 0.3 is 10.1 Å². The highest BCUT2D eigenvalue weighted by molar-refractivity contribution is 7.86. The Morgan fingerprint density at radius 3 is 2.04 bits per heavy atom. The van der Waals surface area contributed by atoms with Crippen LogP contribution in [-0.4, -0.2) is 14.1 Å². The summed E-state index contributed by atoms with van der Waals surface area (Å²) in [6, 6.07) is 25.6. The Morgan fingerprint density at radius 2 is 1.42 bits per heavy atom. The first-order valence-electron chi connectivity index (χ1n) is 8.21. The van der Waals surface area contributed by atoms with Crippen LogP contribution in [0.3, 0.4) is 0 Å². The van der Waals surface area contributed by atoms with Crippen LogP contribution in [0.15, 0.2) is 95.0 Å². The molecule has 3 aromatic carbocycles. The zero-order valence-corrected chi connectivity index (χ0v) is 15.2. The molecule has 0 heterocycles. The van der Waals surface area contributed by atoms with Crippen molar-refractivity contribution in [3.63, 3.8) is 0 Å². The average molecular weight is 365 g/mol. The zero-order chi connectivity index (χ0) is 18.4. The third-order valence-corrected chi connectivity index (χ3v) is 5.00. The number of aryl methyl sites for hydroxylation is 1. The maximum absolute atomic E-state index is 12.4. The van der Waals surface area contributed by atoms with Crippen molar-refractivity contribution in [2.75, 3.05) is 0 Å². The second-order valence-corrected chi connectivity index (χ2v) is 7.44. The molecule has 132 valence electrons. The monoisotopic (exact) mass is 365 g/mol. The van der Waals surface area contributed by atoms with Crippen LogP contribution in [0.2, 0.25) is 0 Å². The van der Waals surface area contributed by atoms with Gasteiger partial charge in [-0.15, -0.1) is 0 Å². The summed E-state index contributed by atoms with van der Waals surface area (Å²) in [5, 5.41) is 3.99. The molecule has 0 atom stereocenters. The summed E-state index contributed by atoms with van der Waals surface area (Å²) in [4.78, 5) is 0.0824. The molecule has 0 amide bonds. The number of nitrogens with zero attached hydrogens (tertiary/aromatic N) is 1. The summed E-state index contributed by atoms with van der Waals surface area (Å²) in [7, 11) is -3.96. The molecule has 3 aromatic rings. The number of oxime groups is 1. The van der Waals surface area contributed by atoms with E-state index in [1.165, 1.54) is 12.1 Å². The fraction of sp³-hybridized carbons (Fsp3) is 0.0952. The van der Waals surface area contributed by atoms with Gasteiger partial charge in [0.25, 0.3) is 0 Å². The molecular weight excluding hydrogens is 346 g/mol. The molecule has 0 aliphatic rings. The van der Waals surface area contributed by atoms with E-state index >= 15 is 0 Å². The standard InChI is InChI=1S/C21H19NO3S/c1-17-12-14-20(15-13-17)26(23,24)25-22-21(19-10-6-3-7-11-19)16-18-8-4-2-5-9-18/h2-15H,16H2,1H3. The summed E-state index contributed by atoms with van der Waals surface area (Å²) in [5.41, 5.74) is 3.36. The van der Waals surface area contributed by atoms with Crippen LogP contribution in [0.4, 0.5) is 0 Å². The van der Waals surface area contributed by atoms with Crippen molar-refractivity contribution in [3.05, 3.63) is 102 Å². The molecule has 0 radical (unpaired) electrons. The van der Waals surface area contributed by atoms with Crippen LogP contribution in [0.5, 0.6) is 0 Å². The lowest BCUT2D eigenvalue weighted by Gasteiger charge is -2.08. The molecule has 0 spiro atoms. The normalized spacial score (nSPS) is 12.0. The molecule has 0 saturated heterocycles. The van der Waals surface area contributed by atoms with Crippen LogP contribution in [0.25, 0.3) is 0 Å². The predicted molar refractivity (Wildman–Crippen MR) is 103 cm³/mol. The van der Waals surface area contributed by atoms with Crippen molar-refractivity contribution in [2.24, 2.45) is 5.16 Å². The first-order chi connectivity index (χ1) is 12.5. The Kier molecular flexibility index (Phi) is 5.49. The molecule has 5 heteroatoms. The Labute approximate surface area is 153 Å². The molecule has 0 aliphatic carbocycles. The molecule has 0 bridgehead atoms. The quantitative estimate of drug-likeness (QED) is 0.482. The SMILES string of the molecule is Cc1ccc(S(=O)(=O)ON=C(Cc2ccccc2)c2ccccc2)cc1. The second-order valence-electron chi connectivity index (χ2n) is 5.91. The van der Waals surface area contributed by atoms with E-state index in [0.717, 1.165) is 16.7 Å². The van der Waals surface area contributed by atoms with E-state index in [1.807, 2.05) is 67.6 Å². The third kappa shape index (κ3) is 4.58.